The van der Waals surface area contributed by atoms with Crippen LogP contribution in [0.5, 0.6) is 0 Å². The molecular weight excluding hydrogens is 188 g/mol. The number of anilines is 1. The molecule has 1 heterocycles. The molecule has 1 aliphatic rings. The zero-order valence-corrected chi connectivity index (χ0v) is 8.86. The molecular formula is C12H14N2O. The predicted octanol–water partition coefficient (Wildman–Crippen LogP) is 2.56. The van der Waals surface area contributed by atoms with Crippen LogP contribution in [0.25, 0.3) is 0 Å². The van der Waals surface area contributed by atoms with Crippen molar-refractivity contribution in [3.8, 4) is 0 Å². The van der Waals surface area contributed by atoms with Crippen LogP contribution in [0.1, 0.15) is 18.4 Å². The van der Waals surface area contributed by atoms with Gasteiger partial charge in [0.05, 0.1) is 5.69 Å². The van der Waals surface area contributed by atoms with Crippen LogP contribution in [0.2, 0.25) is 0 Å². The Balaban J connectivity index is 2.28. The number of rotatable bonds is 2. The van der Waals surface area contributed by atoms with E-state index in [2.05, 4.69) is 16.0 Å². The van der Waals surface area contributed by atoms with E-state index in [1.165, 1.54) is 18.5 Å². The van der Waals surface area contributed by atoms with E-state index in [1.54, 1.807) is 6.08 Å². The number of nitrogens with zero attached hydrogens (tertiary/aromatic N) is 2. The summed E-state index contributed by atoms with van der Waals surface area (Å²) >= 11 is 0. The fourth-order valence-corrected chi connectivity index (χ4v) is 1.99. The topological polar surface area (TPSA) is 32.7 Å². The van der Waals surface area contributed by atoms with Crippen molar-refractivity contribution in [2.45, 2.75) is 19.8 Å². The van der Waals surface area contributed by atoms with Crippen molar-refractivity contribution < 1.29 is 4.79 Å². The van der Waals surface area contributed by atoms with Crippen molar-refractivity contribution in [3.05, 3.63) is 23.8 Å². The summed E-state index contributed by atoms with van der Waals surface area (Å²) in [5.41, 5.74) is 2.98. The van der Waals surface area contributed by atoms with E-state index in [0.29, 0.717) is 5.69 Å². The first-order valence-corrected chi connectivity index (χ1v) is 5.25. The number of benzene rings is 1. The molecule has 2 rings (SSSR count). The van der Waals surface area contributed by atoms with Crippen LogP contribution in [0.4, 0.5) is 11.4 Å². The Bertz CT molecular complexity index is 402. The van der Waals surface area contributed by atoms with Crippen LogP contribution in [0, 0.1) is 6.92 Å². The molecule has 3 heteroatoms. The number of hydrogen-bond donors (Lipinski definition) is 0. The highest BCUT2D eigenvalue weighted by atomic mass is 16.1. The van der Waals surface area contributed by atoms with Crippen LogP contribution >= 0.6 is 0 Å². The zero-order chi connectivity index (χ0) is 10.7. The molecule has 0 spiro atoms. The highest BCUT2D eigenvalue weighted by Gasteiger charge is 2.12. The lowest BCUT2D eigenvalue weighted by atomic mass is 10.1. The second-order valence-electron chi connectivity index (χ2n) is 3.87. The summed E-state index contributed by atoms with van der Waals surface area (Å²) in [5, 5.41) is 0. The van der Waals surface area contributed by atoms with Crippen molar-refractivity contribution >= 4 is 17.5 Å². The molecule has 1 aliphatic heterocycles. The fourth-order valence-electron chi connectivity index (χ4n) is 1.99. The van der Waals surface area contributed by atoms with Crippen LogP contribution < -0.4 is 4.90 Å². The highest BCUT2D eigenvalue weighted by molar-refractivity contribution is 5.60. The number of isocyanates is 1. The molecule has 1 aromatic rings. The van der Waals surface area contributed by atoms with Crippen LogP contribution in [0.15, 0.2) is 23.2 Å². The maximum Gasteiger partial charge on any atom is 0.240 e. The van der Waals surface area contributed by atoms with Gasteiger partial charge in [-0.05, 0) is 43.5 Å². The summed E-state index contributed by atoms with van der Waals surface area (Å²) in [6.45, 7) is 4.24. The normalized spacial score (nSPS) is 15.1. The van der Waals surface area contributed by atoms with Crippen molar-refractivity contribution in [3.63, 3.8) is 0 Å². The standard InChI is InChI=1S/C12H14N2O/c1-10-8-11(14-6-2-3-7-14)4-5-12(10)13-9-15/h4-5,8H,2-3,6-7H2,1H3. The lowest BCUT2D eigenvalue weighted by molar-refractivity contribution is 0.565. The van der Waals surface area contributed by atoms with E-state index in [1.807, 2.05) is 19.1 Å². The van der Waals surface area contributed by atoms with Gasteiger partial charge in [0, 0.05) is 18.8 Å². The summed E-state index contributed by atoms with van der Waals surface area (Å²) in [7, 11) is 0. The molecule has 0 aromatic heterocycles. The molecule has 0 saturated carbocycles. The lowest BCUT2D eigenvalue weighted by Crippen LogP contribution is -2.17. The summed E-state index contributed by atoms with van der Waals surface area (Å²) < 4.78 is 0. The maximum atomic E-state index is 10.2. The van der Waals surface area contributed by atoms with Crippen molar-refractivity contribution in [2.75, 3.05) is 18.0 Å². The smallest absolute Gasteiger partial charge is 0.240 e. The summed E-state index contributed by atoms with van der Waals surface area (Å²) in [4.78, 5) is 16.2. The Labute approximate surface area is 89.4 Å². The summed E-state index contributed by atoms with van der Waals surface area (Å²) in [5.74, 6) is 0. The Morgan fingerprint density at radius 2 is 2.07 bits per heavy atom. The van der Waals surface area contributed by atoms with E-state index < -0.39 is 0 Å². The van der Waals surface area contributed by atoms with Gasteiger partial charge in [-0.15, -0.1) is 0 Å². The van der Waals surface area contributed by atoms with Crippen molar-refractivity contribution in [1.29, 1.82) is 0 Å². The van der Waals surface area contributed by atoms with Gasteiger partial charge < -0.3 is 4.90 Å². The second-order valence-corrected chi connectivity index (χ2v) is 3.87. The van der Waals surface area contributed by atoms with Crippen LogP contribution in [0.3, 0.4) is 0 Å². The molecule has 0 amide bonds. The minimum atomic E-state index is 0.716. The van der Waals surface area contributed by atoms with Crippen molar-refractivity contribution in [2.24, 2.45) is 4.99 Å². The van der Waals surface area contributed by atoms with E-state index in [9.17, 15) is 4.79 Å². The number of aliphatic imine (C=N–C) groups is 1. The second kappa shape index (κ2) is 4.28. The molecule has 1 fully saturated rings. The van der Waals surface area contributed by atoms with Gasteiger partial charge in [0.15, 0.2) is 0 Å². The minimum absolute atomic E-state index is 0.716. The summed E-state index contributed by atoms with van der Waals surface area (Å²) in [6, 6.07) is 5.99. The molecule has 1 aromatic carbocycles. The van der Waals surface area contributed by atoms with Gasteiger partial charge in [-0.1, -0.05) is 0 Å². The summed E-state index contributed by atoms with van der Waals surface area (Å²) in [6.07, 6.45) is 4.12. The Kier molecular flexibility index (Phi) is 2.84. The van der Waals surface area contributed by atoms with Crippen molar-refractivity contribution in [1.82, 2.24) is 0 Å². The van der Waals surface area contributed by atoms with E-state index >= 15 is 0 Å². The number of hydrogen-bond acceptors (Lipinski definition) is 3. The molecule has 1 saturated heterocycles. The molecule has 78 valence electrons. The van der Waals surface area contributed by atoms with Gasteiger partial charge in [0.1, 0.15) is 0 Å². The number of aryl methyl sites for hydroxylation is 1. The molecule has 3 nitrogen and oxygen atoms in total. The first kappa shape index (κ1) is 9.94. The number of carbonyl (C=O) groups excluding carboxylic acids is 1. The maximum absolute atomic E-state index is 10.2. The van der Waals surface area contributed by atoms with E-state index in [-0.39, 0.29) is 0 Å². The molecule has 0 aliphatic carbocycles. The quantitative estimate of drug-likeness (QED) is 0.545. The largest absolute Gasteiger partial charge is 0.372 e. The van der Waals surface area contributed by atoms with E-state index in [0.717, 1.165) is 18.7 Å². The SMILES string of the molecule is Cc1cc(N2CCCC2)ccc1N=C=O. The zero-order valence-electron chi connectivity index (χ0n) is 8.86. The molecule has 0 atom stereocenters. The third kappa shape index (κ3) is 2.08. The molecule has 0 radical (unpaired) electrons. The van der Waals surface area contributed by atoms with Crippen LogP contribution in [-0.2, 0) is 4.79 Å². The highest BCUT2D eigenvalue weighted by Crippen LogP contribution is 2.26. The first-order valence-electron chi connectivity index (χ1n) is 5.25. The third-order valence-electron chi connectivity index (χ3n) is 2.82. The minimum Gasteiger partial charge on any atom is -0.372 e. The molecule has 15 heavy (non-hydrogen) atoms. The van der Waals surface area contributed by atoms with Gasteiger partial charge in [-0.3, -0.25) is 0 Å². The molecule has 0 N–H and O–H groups in total. The van der Waals surface area contributed by atoms with E-state index in [4.69, 9.17) is 0 Å². The molecule has 0 unspecified atom stereocenters. The van der Waals surface area contributed by atoms with Crippen LogP contribution in [-0.4, -0.2) is 19.2 Å². The first-order chi connectivity index (χ1) is 7.31. The Hall–Kier alpha value is -1.60. The molecule has 0 bridgehead atoms. The fraction of sp³-hybridized carbons (Fsp3) is 0.417. The lowest BCUT2D eigenvalue weighted by Gasteiger charge is -2.18. The van der Waals surface area contributed by atoms with Gasteiger partial charge in [0.2, 0.25) is 6.08 Å². The Morgan fingerprint density at radius 1 is 1.33 bits per heavy atom. The van der Waals surface area contributed by atoms with Gasteiger partial charge in [-0.25, -0.2) is 4.79 Å². The average Bonchev–Trinajstić information content (AvgIpc) is 2.74. The van der Waals surface area contributed by atoms with Gasteiger partial charge in [0.25, 0.3) is 0 Å². The monoisotopic (exact) mass is 202 g/mol. The average molecular weight is 202 g/mol. The van der Waals surface area contributed by atoms with Gasteiger partial charge in [-0.2, -0.15) is 4.99 Å². The third-order valence-corrected chi connectivity index (χ3v) is 2.82. The predicted molar refractivity (Wildman–Crippen MR) is 60.4 cm³/mol. The van der Waals surface area contributed by atoms with Gasteiger partial charge >= 0.3 is 0 Å². The Morgan fingerprint density at radius 3 is 2.67 bits per heavy atom.